The first-order valence-electron chi connectivity index (χ1n) is 5.95. The molecular formula is C12H19N3O2. The number of pyridine rings is 1. The first-order chi connectivity index (χ1) is 8.38. The number of hydrazine groups is 1. The van der Waals surface area contributed by atoms with Crippen LogP contribution in [0.2, 0.25) is 0 Å². The Hall–Kier alpha value is -1.17. The number of ether oxygens (including phenoxy) is 2. The normalized spacial score (nSPS) is 17.0. The summed E-state index contributed by atoms with van der Waals surface area (Å²) in [5.74, 6) is 6.55. The fraction of sp³-hybridized carbons (Fsp3) is 0.583. The number of nitrogens with one attached hydrogen (secondary N) is 1. The van der Waals surface area contributed by atoms with Crippen molar-refractivity contribution in [3.05, 3.63) is 23.9 Å². The SMILES string of the molecule is NNc1ccc(COCC2CCOCC2)cn1. The summed E-state index contributed by atoms with van der Waals surface area (Å²) in [6.45, 7) is 3.15. The van der Waals surface area contributed by atoms with Gasteiger partial charge in [0.1, 0.15) is 5.82 Å². The van der Waals surface area contributed by atoms with Gasteiger partial charge >= 0.3 is 0 Å². The first-order valence-corrected chi connectivity index (χ1v) is 5.95. The number of nitrogen functional groups attached to an aromatic ring is 1. The Morgan fingerprint density at radius 3 is 2.88 bits per heavy atom. The Morgan fingerprint density at radius 2 is 2.24 bits per heavy atom. The zero-order valence-corrected chi connectivity index (χ0v) is 9.89. The van der Waals surface area contributed by atoms with Crippen LogP contribution in [0.15, 0.2) is 18.3 Å². The van der Waals surface area contributed by atoms with E-state index in [2.05, 4.69) is 10.4 Å². The van der Waals surface area contributed by atoms with Crippen LogP contribution in [-0.2, 0) is 16.1 Å². The van der Waals surface area contributed by atoms with Crippen LogP contribution < -0.4 is 11.3 Å². The van der Waals surface area contributed by atoms with Crippen molar-refractivity contribution in [2.24, 2.45) is 11.8 Å². The van der Waals surface area contributed by atoms with E-state index in [9.17, 15) is 0 Å². The Labute approximate surface area is 101 Å². The lowest BCUT2D eigenvalue weighted by Gasteiger charge is -2.21. The van der Waals surface area contributed by atoms with E-state index in [0.29, 0.717) is 18.3 Å². The highest BCUT2D eigenvalue weighted by Crippen LogP contribution is 2.15. The van der Waals surface area contributed by atoms with Crippen LogP contribution in [0, 0.1) is 5.92 Å². The minimum atomic E-state index is 0.606. The molecule has 1 aromatic rings. The van der Waals surface area contributed by atoms with Crippen molar-refractivity contribution in [2.45, 2.75) is 19.4 Å². The van der Waals surface area contributed by atoms with Gasteiger partial charge < -0.3 is 14.9 Å². The second-order valence-corrected chi connectivity index (χ2v) is 4.27. The lowest BCUT2D eigenvalue weighted by Crippen LogP contribution is -2.20. The van der Waals surface area contributed by atoms with E-state index in [-0.39, 0.29) is 0 Å². The predicted octanol–water partition coefficient (Wildman–Crippen LogP) is 1.31. The van der Waals surface area contributed by atoms with Gasteiger partial charge in [0.2, 0.25) is 0 Å². The molecule has 0 amide bonds. The van der Waals surface area contributed by atoms with Crippen molar-refractivity contribution in [1.82, 2.24) is 4.98 Å². The molecule has 5 nitrogen and oxygen atoms in total. The molecule has 1 aliphatic heterocycles. The average molecular weight is 237 g/mol. The van der Waals surface area contributed by atoms with Gasteiger partial charge in [-0.2, -0.15) is 0 Å². The molecule has 17 heavy (non-hydrogen) atoms. The van der Waals surface area contributed by atoms with Gasteiger partial charge in [-0.25, -0.2) is 10.8 Å². The zero-order valence-electron chi connectivity index (χ0n) is 9.89. The van der Waals surface area contributed by atoms with Crippen LogP contribution >= 0.6 is 0 Å². The molecule has 3 N–H and O–H groups in total. The molecule has 5 heteroatoms. The topological polar surface area (TPSA) is 69.4 Å². The van der Waals surface area contributed by atoms with E-state index >= 15 is 0 Å². The Bertz CT molecular complexity index is 323. The van der Waals surface area contributed by atoms with E-state index in [1.807, 2.05) is 12.1 Å². The molecule has 94 valence electrons. The van der Waals surface area contributed by atoms with Crippen molar-refractivity contribution in [1.29, 1.82) is 0 Å². The van der Waals surface area contributed by atoms with Crippen LogP contribution in [0.5, 0.6) is 0 Å². The number of nitrogens with zero attached hydrogens (tertiary/aromatic N) is 1. The van der Waals surface area contributed by atoms with Gasteiger partial charge in [0.15, 0.2) is 0 Å². The van der Waals surface area contributed by atoms with E-state index in [1.165, 1.54) is 0 Å². The van der Waals surface area contributed by atoms with Gasteiger partial charge in [-0.15, -0.1) is 0 Å². The summed E-state index contributed by atoms with van der Waals surface area (Å²) in [5.41, 5.74) is 3.56. The molecule has 1 saturated heterocycles. The largest absolute Gasteiger partial charge is 0.381 e. The summed E-state index contributed by atoms with van der Waals surface area (Å²) in [5, 5.41) is 0. The maximum atomic E-state index is 5.69. The summed E-state index contributed by atoms with van der Waals surface area (Å²) in [7, 11) is 0. The molecule has 0 saturated carbocycles. The molecule has 1 aromatic heterocycles. The van der Waals surface area contributed by atoms with Crippen LogP contribution in [0.3, 0.4) is 0 Å². The fourth-order valence-corrected chi connectivity index (χ4v) is 1.85. The van der Waals surface area contributed by atoms with E-state index in [0.717, 1.165) is 38.2 Å². The molecule has 2 heterocycles. The predicted molar refractivity (Wildman–Crippen MR) is 65.2 cm³/mol. The molecule has 0 spiro atoms. The zero-order chi connectivity index (χ0) is 11.9. The van der Waals surface area contributed by atoms with Crippen molar-refractivity contribution in [3.63, 3.8) is 0 Å². The smallest absolute Gasteiger partial charge is 0.139 e. The maximum absolute atomic E-state index is 5.69. The van der Waals surface area contributed by atoms with Crippen LogP contribution in [0.25, 0.3) is 0 Å². The summed E-state index contributed by atoms with van der Waals surface area (Å²) < 4.78 is 11.0. The Kier molecular flexibility index (Phi) is 4.73. The molecule has 2 rings (SSSR count). The minimum absolute atomic E-state index is 0.606. The van der Waals surface area contributed by atoms with Crippen LogP contribution in [0.4, 0.5) is 5.82 Å². The molecule has 0 bridgehead atoms. The highest BCUT2D eigenvalue weighted by molar-refractivity contribution is 5.33. The highest BCUT2D eigenvalue weighted by Gasteiger charge is 2.13. The maximum Gasteiger partial charge on any atom is 0.139 e. The van der Waals surface area contributed by atoms with Gasteiger partial charge in [0.25, 0.3) is 0 Å². The summed E-state index contributed by atoms with van der Waals surface area (Å²) >= 11 is 0. The number of anilines is 1. The Morgan fingerprint density at radius 1 is 1.41 bits per heavy atom. The monoisotopic (exact) mass is 237 g/mol. The first kappa shape index (κ1) is 12.3. The van der Waals surface area contributed by atoms with Crippen LogP contribution in [0.1, 0.15) is 18.4 Å². The second kappa shape index (κ2) is 6.54. The van der Waals surface area contributed by atoms with Crippen molar-refractivity contribution in [3.8, 4) is 0 Å². The second-order valence-electron chi connectivity index (χ2n) is 4.27. The van der Waals surface area contributed by atoms with Gasteiger partial charge in [-0.3, -0.25) is 0 Å². The lowest BCUT2D eigenvalue weighted by atomic mass is 10.0. The van der Waals surface area contributed by atoms with E-state index in [4.69, 9.17) is 15.3 Å². The highest BCUT2D eigenvalue weighted by atomic mass is 16.5. The van der Waals surface area contributed by atoms with Gasteiger partial charge in [0, 0.05) is 19.4 Å². The molecule has 0 aliphatic carbocycles. The third-order valence-electron chi connectivity index (χ3n) is 2.94. The molecular weight excluding hydrogens is 218 g/mol. The summed E-state index contributed by atoms with van der Waals surface area (Å²) in [4.78, 5) is 4.13. The number of hydrogen-bond acceptors (Lipinski definition) is 5. The van der Waals surface area contributed by atoms with Crippen molar-refractivity contribution in [2.75, 3.05) is 25.2 Å². The number of hydrogen-bond donors (Lipinski definition) is 2. The third-order valence-corrected chi connectivity index (χ3v) is 2.94. The lowest BCUT2D eigenvalue weighted by molar-refractivity contribution is 0.0157. The third kappa shape index (κ3) is 3.96. The molecule has 0 atom stereocenters. The minimum Gasteiger partial charge on any atom is -0.381 e. The summed E-state index contributed by atoms with van der Waals surface area (Å²) in [6, 6.07) is 3.80. The number of rotatable bonds is 5. The Balaban J connectivity index is 1.69. The van der Waals surface area contributed by atoms with Crippen LogP contribution in [-0.4, -0.2) is 24.8 Å². The molecule has 0 unspecified atom stereocenters. The number of aromatic nitrogens is 1. The summed E-state index contributed by atoms with van der Waals surface area (Å²) in [6.07, 6.45) is 3.99. The average Bonchev–Trinajstić information content (AvgIpc) is 2.41. The molecule has 1 fully saturated rings. The van der Waals surface area contributed by atoms with Gasteiger partial charge in [0.05, 0.1) is 13.2 Å². The fourth-order valence-electron chi connectivity index (χ4n) is 1.85. The molecule has 0 aromatic carbocycles. The molecule has 0 radical (unpaired) electrons. The van der Waals surface area contributed by atoms with E-state index in [1.54, 1.807) is 6.20 Å². The standard InChI is InChI=1S/C12H19N3O2/c13-15-12-2-1-11(7-14-12)9-17-8-10-3-5-16-6-4-10/h1-2,7,10H,3-6,8-9,13H2,(H,14,15). The quantitative estimate of drug-likeness (QED) is 0.597. The number of nitrogens with two attached hydrogens (primary N) is 1. The van der Waals surface area contributed by atoms with E-state index < -0.39 is 0 Å². The van der Waals surface area contributed by atoms with Crippen molar-refractivity contribution >= 4 is 5.82 Å². The van der Waals surface area contributed by atoms with Gasteiger partial charge in [-0.05, 0) is 30.4 Å². The van der Waals surface area contributed by atoms with Gasteiger partial charge in [-0.1, -0.05) is 6.07 Å². The molecule has 1 aliphatic rings. The van der Waals surface area contributed by atoms with Crippen molar-refractivity contribution < 1.29 is 9.47 Å².